The standard InChI is InChI=1S/C14H12O/c1-2-13-14(15-13)12-9-5-7-10-6-3-4-8-11(10)12/h2-9,13-14H,1H2/t13-,14-/m0/s1. The Morgan fingerprint density at radius 1 is 1.07 bits per heavy atom. The predicted octanol–water partition coefficient (Wildman–Crippen LogP) is 3.47. The summed E-state index contributed by atoms with van der Waals surface area (Å²) in [6.45, 7) is 3.75. The molecule has 0 amide bonds. The van der Waals surface area contributed by atoms with Crippen LogP contribution in [0.15, 0.2) is 55.1 Å². The van der Waals surface area contributed by atoms with E-state index in [1.165, 1.54) is 16.3 Å². The molecule has 74 valence electrons. The highest BCUT2D eigenvalue weighted by Crippen LogP contribution is 2.42. The lowest BCUT2D eigenvalue weighted by molar-refractivity contribution is 0.395. The Labute approximate surface area is 89.0 Å². The van der Waals surface area contributed by atoms with Gasteiger partial charge in [-0.05, 0) is 16.3 Å². The first-order chi connectivity index (χ1) is 7.40. The van der Waals surface area contributed by atoms with Crippen LogP contribution in [0.1, 0.15) is 11.7 Å². The molecule has 0 spiro atoms. The lowest BCUT2D eigenvalue weighted by atomic mass is 10.0. The van der Waals surface area contributed by atoms with E-state index in [-0.39, 0.29) is 12.2 Å². The molecule has 2 aromatic carbocycles. The van der Waals surface area contributed by atoms with Crippen molar-refractivity contribution in [1.29, 1.82) is 0 Å². The SMILES string of the molecule is C=C[C@@H]1O[C@H]1c1cccc2ccccc12. The van der Waals surface area contributed by atoms with E-state index in [1.54, 1.807) is 0 Å². The second-order valence-electron chi connectivity index (χ2n) is 3.83. The van der Waals surface area contributed by atoms with Crippen molar-refractivity contribution in [3.8, 4) is 0 Å². The molecule has 1 saturated heterocycles. The highest BCUT2D eigenvalue weighted by atomic mass is 16.6. The average molecular weight is 196 g/mol. The molecule has 0 unspecified atom stereocenters. The first-order valence-electron chi connectivity index (χ1n) is 5.16. The Bertz CT molecular complexity index is 510. The summed E-state index contributed by atoms with van der Waals surface area (Å²) < 4.78 is 5.54. The molecule has 0 saturated carbocycles. The molecule has 0 aliphatic carbocycles. The van der Waals surface area contributed by atoms with Crippen LogP contribution in [0.5, 0.6) is 0 Å². The Hall–Kier alpha value is -1.60. The number of benzene rings is 2. The van der Waals surface area contributed by atoms with E-state index >= 15 is 0 Å². The maximum atomic E-state index is 5.54. The van der Waals surface area contributed by atoms with Crippen LogP contribution in [-0.2, 0) is 4.74 Å². The van der Waals surface area contributed by atoms with Crippen LogP contribution in [-0.4, -0.2) is 6.10 Å². The number of rotatable bonds is 2. The number of hydrogen-bond donors (Lipinski definition) is 0. The first kappa shape index (κ1) is 8.69. The minimum atomic E-state index is 0.204. The molecule has 1 fully saturated rings. The summed E-state index contributed by atoms with van der Waals surface area (Å²) >= 11 is 0. The Kier molecular flexibility index (Phi) is 1.86. The molecule has 2 atom stereocenters. The molecule has 0 bridgehead atoms. The molecule has 0 radical (unpaired) electrons. The van der Waals surface area contributed by atoms with E-state index in [1.807, 2.05) is 6.08 Å². The van der Waals surface area contributed by atoms with Gasteiger partial charge in [-0.3, -0.25) is 0 Å². The van der Waals surface area contributed by atoms with Crippen molar-refractivity contribution >= 4 is 10.8 Å². The molecule has 1 heterocycles. The van der Waals surface area contributed by atoms with Crippen LogP contribution >= 0.6 is 0 Å². The van der Waals surface area contributed by atoms with Gasteiger partial charge in [-0.2, -0.15) is 0 Å². The number of fused-ring (bicyclic) bond motifs is 1. The number of epoxide rings is 1. The van der Waals surface area contributed by atoms with Gasteiger partial charge in [-0.15, -0.1) is 6.58 Å². The van der Waals surface area contributed by atoms with Gasteiger partial charge in [0.15, 0.2) is 0 Å². The van der Waals surface area contributed by atoms with E-state index in [2.05, 4.69) is 49.0 Å². The predicted molar refractivity (Wildman–Crippen MR) is 61.8 cm³/mol. The number of ether oxygens (including phenoxy) is 1. The third-order valence-electron chi connectivity index (χ3n) is 2.89. The summed E-state index contributed by atoms with van der Waals surface area (Å²) in [7, 11) is 0. The molecule has 1 aliphatic heterocycles. The van der Waals surface area contributed by atoms with Crippen LogP contribution in [0.3, 0.4) is 0 Å². The van der Waals surface area contributed by atoms with Crippen LogP contribution in [0.4, 0.5) is 0 Å². The van der Waals surface area contributed by atoms with Crippen molar-refractivity contribution in [2.24, 2.45) is 0 Å². The maximum absolute atomic E-state index is 5.54. The van der Waals surface area contributed by atoms with Crippen molar-refractivity contribution in [3.05, 3.63) is 60.7 Å². The smallest absolute Gasteiger partial charge is 0.114 e. The highest BCUT2D eigenvalue weighted by Gasteiger charge is 2.38. The molecule has 0 aromatic heterocycles. The quantitative estimate of drug-likeness (QED) is 0.529. The molecule has 3 rings (SSSR count). The van der Waals surface area contributed by atoms with Gasteiger partial charge in [0, 0.05) is 0 Å². The van der Waals surface area contributed by atoms with Crippen molar-refractivity contribution in [3.63, 3.8) is 0 Å². The van der Waals surface area contributed by atoms with Gasteiger partial charge in [0.25, 0.3) is 0 Å². The number of hydrogen-bond acceptors (Lipinski definition) is 1. The highest BCUT2D eigenvalue weighted by molar-refractivity contribution is 5.86. The van der Waals surface area contributed by atoms with Gasteiger partial charge < -0.3 is 4.74 Å². The molecular formula is C14H12O. The zero-order valence-corrected chi connectivity index (χ0v) is 8.39. The van der Waals surface area contributed by atoms with Crippen LogP contribution in [0.25, 0.3) is 10.8 Å². The second kappa shape index (κ2) is 3.21. The van der Waals surface area contributed by atoms with Gasteiger partial charge in [0.2, 0.25) is 0 Å². The van der Waals surface area contributed by atoms with Gasteiger partial charge in [-0.1, -0.05) is 48.5 Å². The first-order valence-corrected chi connectivity index (χ1v) is 5.16. The van der Waals surface area contributed by atoms with Gasteiger partial charge in [0.1, 0.15) is 12.2 Å². The minimum Gasteiger partial charge on any atom is -0.360 e. The van der Waals surface area contributed by atoms with Crippen LogP contribution < -0.4 is 0 Å². The molecule has 15 heavy (non-hydrogen) atoms. The van der Waals surface area contributed by atoms with E-state index < -0.39 is 0 Å². The van der Waals surface area contributed by atoms with E-state index in [4.69, 9.17) is 4.74 Å². The average Bonchev–Trinajstić information content (AvgIpc) is 3.07. The summed E-state index contributed by atoms with van der Waals surface area (Å²) in [5.41, 5.74) is 1.28. The van der Waals surface area contributed by atoms with E-state index in [9.17, 15) is 0 Å². The molecule has 1 heteroatoms. The van der Waals surface area contributed by atoms with Gasteiger partial charge in [0.05, 0.1) is 0 Å². The third-order valence-corrected chi connectivity index (χ3v) is 2.89. The zero-order valence-electron chi connectivity index (χ0n) is 8.39. The maximum Gasteiger partial charge on any atom is 0.114 e. The largest absolute Gasteiger partial charge is 0.360 e. The van der Waals surface area contributed by atoms with Crippen molar-refractivity contribution in [2.45, 2.75) is 12.2 Å². The molecular weight excluding hydrogens is 184 g/mol. The monoisotopic (exact) mass is 196 g/mol. The van der Waals surface area contributed by atoms with E-state index in [0.717, 1.165) is 0 Å². The third kappa shape index (κ3) is 1.36. The Balaban J connectivity index is 2.15. The Morgan fingerprint density at radius 2 is 1.87 bits per heavy atom. The fraction of sp³-hybridized carbons (Fsp3) is 0.143. The molecule has 0 N–H and O–H groups in total. The van der Waals surface area contributed by atoms with Gasteiger partial charge in [-0.25, -0.2) is 0 Å². The summed E-state index contributed by atoms with van der Waals surface area (Å²) in [6.07, 6.45) is 2.29. The van der Waals surface area contributed by atoms with Crippen molar-refractivity contribution in [1.82, 2.24) is 0 Å². The lowest BCUT2D eigenvalue weighted by Gasteiger charge is -2.02. The summed E-state index contributed by atoms with van der Waals surface area (Å²) in [4.78, 5) is 0. The summed E-state index contributed by atoms with van der Waals surface area (Å²) in [6, 6.07) is 14.7. The van der Waals surface area contributed by atoms with Gasteiger partial charge >= 0.3 is 0 Å². The van der Waals surface area contributed by atoms with E-state index in [0.29, 0.717) is 0 Å². The zero-order chi connectivity index (χ0) is 10.3. The summed E-state index contributed by atoms with van der Waals surface area (Å²) in [5.74, 6) is 0. The second-order valence-corrected chi connectivity index (χ2v) is 3.83. The molecule has 1 aliphatic rings. The summed E-state index contributed by atoms with van der Waals surface area (Å²) in [5, 5.41) is 2.56. The molecule has 1 nitrogen and oxygen atoms in total. The lowest BCUT2D eigenvalue weighted by Crippen LogP contribution is -1.86. The topological polar surface area (TPSA) is 12.5 Å². The molecule has 2 aromatic rings. The Morgan fingerprint density at radius 3 is 2.67 bits per heavy atom. The normalized spacial score (nSPS) is 24.0. The van der Waals surface area contributed by atoms with Crippen molar-refractivity contribution in [2.75, 3.05) is 0 Å². The fourth-order valence-electron chi connectivity index (χ4n) is 2.05. The minimum absolute atomic E-state index is 0.204. The van der Waals surface area contributed by atoms with Crippen molar-refractivity contribution < 1.29 is 4.74 Å². The van der Waals surface area contributed by atoms with Crippen LogP contribution in [0.2, 0.25) is 0 Å². The van der Waals surface area contributed by atoms with Crippen LogP contribution in [0, 0.1) is 0 Å². The fourth-order valence-corrected chi connectivity index (χ4v) is 2.05.